The number of aldehydes is 1. The molecule has 0 aliphatic carbocycles. The van der Waals surface area contributed by atoms with Crippen molar-refractivity contribution in [3.05, 3.63) is 28.8 Å². The number of hydrogen-bond acceptors (Lipinski definition) is 3. The highest BCUT2D eigenvalue weighted by Crippen LogP contribution is 2.25. The highest BCUT2D eigenvalue weighted by Gasteiger charge is 2.21. The van der Waals surface area contributed by atoms with Gasteiger partial charge < -0.3 is 0 Å². The van der Waals surface area contributed by atoms with E-state index < -0.39 is 29.1 Å². The van der Waals surface area contributed by atoms with Gasteiger partial charge in [0.05, 0.1) is 17.3 Å². The Balaban J connectivity index is 3.54. The van der Waals surface area contributed by atoms with Gasteiger partial charge in [-0.2, -0.15) is 5.26 Å². The fourth-order valence-corrected chi connectivity index (χ4v) is 0.946. The van der Waals surface area contributed by atoms with Gasteiger partial charge in [0.1, 0.15) is 11.8 Å². The van der Waals surface area contributed by atoms with Crippen molar-refractivity contribution >= 4 is 6.29 Å². The molecule has 0 amide bonds. The van der Waals surface area contributed by atoms with Crippen molar-refractivity contribution in [1.82, 2.24) is 4.98 Å². The van der Waals surface area contributed by atoms with Crippen molar-refractivity contribution in [3.63, 3.8) is 0 Å². The average Bonchev–Trinajstić information content (AvgIpc) is 2.17. The molecule has 0 saturated carbocycles. The Labute approximate surface area is 76.8 Å². The van der Waals surface area contributed by atoms with Crippen LogP contribution in [0.5, 0.6) is 0 Å². The first-order valence-electron chi connectivity index (χ1n) is 3.43. The molecule has 0 saturated heterocycles. The van der Waals surface area contributed by atoms with E-state index >= 15 is 0 Å². The fourth-order valence-electron chi connectivity index (χ4n) is 0.946. The molecule has 0 radical (unpaired) electrons. The summed E-state index contributed by atoms with van der Waals surface area (Å²) in [5, 5.41) is 8.39. The van der Waals surface area contributed by atoms with Crippen LogP contribution >= 0.6 is 0 Å². The van der Waals surface area contributed by atoms with Gasteiger partial charge in [0.25, 0.3) is 6.43 Å². The predicted octanol–water partition coefficient (Wildman–Crippen LogP) is 1.84. The minimum atomic E-state index is -3.10. The lowest BCUT2D eigenvalue weighted by Gasteiger charge is -2.04. The average molecular weight is 200 g/mol. The molecule has 0 spiro atoms. The number of alkyl halides is 2. The Morgan fingerprint density at radius 2 is 2.21 bits per heavy atom. The zero-order chi connectivity index (χ0) is 10.7. The summed E-state index contributed by atoms with van der Waals surface area (Å²) >= 11 is 0. The van der Waals surface area contributed by atoms with Gasteiger partial charge in [-0.3, -0.25) is 4.79 Å². The Morgan fingerprint density at radius 1 is 1.57 bits per heavy atom. The monoisotopic (exact) mass is 200 g/mol. The molecule has 1 heterocycles. The van der Waals surface area contributed by atoms with Gasteiger partial charge in [-0.05, 0) is 0 Å². The van der Waals surface area contributed by atoms with E-state index in [-0.39, 0.29) is 6.29 Å². The highest BCUT2D eigenvalue weighted by molar-refractivity contribution is 5.78. The van der Waals surface area contributed by atoms with Crippen molar-refractivity contribution in [2.24, 2.45) is 0 Å². The van der Waals surface area contributed by atoms with E-state index in [0.717, 1.165) is 0 Å². The van der Waals surface area contributed by atoms with Crippen molar-refractivity contribution in [2.75, 3.05) is 0 Å². The third kappa shape index (κ3) is 1.57. The van der Waals surface area contributed by atoms with Crippen molar-refractivity contribution in [1.29, 1.82) is 5.26 Å². The molecule has 0 aliphatic heterocycles. The van der Waals surface area contributed by atoms with Crippen LogP contribution in [-0.4, -0.2) is 11.3 Å². The van der Waals surface area contributed by atoms with Crippen LogP contribution in [0.4, 0.5) is 13.2 Å². The van der Waals surface area contributed by atoms with Crippen molar-refractivity contribution in [3.8, 4) is 6.07 Å². The SMILES string of the molecule is N#Cc1ncc(F)c(C=O)c1C(F)F. The molecule has 14 heavy (non-hydrogen) atoms. The van der Waals surface area contributed by atoms with Gasteiger partial charge in [0.15, 0.2) is 12.1 Å². The third-order valence-electron chi connectivity index (χ3n) is 1.55. The molecular formula is C8H3F3N2O. The molecule has 1 aromatic heterocycles. The lowest BCUT2D eigenvalue weighted by atomic mass is 10.1. The summed E-state index contributed by atoms with van der Waals surface area (Å²) in [6.45, 7) is 0. The molecular weight excluding hydrogens is 197 g/mol. The number of carbonyl (C=O) groups is 1. The molecule has 0 fully saturated rings. The smallest absolute Gasteiger partial charge is 0.267 e. The lowest BCUT2D eigenvalue weighted by Crippen LogP contribution is -2.03. The van der Waals surface area contributed by atoms with E-state index in [4.69, 9.17) is 5.26 Å². The number of rotatable bonds is 2. The summed E-state index contributed by atoms with van der Waals surface area (Å²) in [7, 11) is 0. The Bertz CT molecular complexity index is 412. The second-order valence-corrected chi connectivity index (χ2v) is 2.31. The van der Waals surface area contributed by atoms with E-state index in [2.05, 4.69) is 4.98 Å². The Hall–Kier alpha value is -1.90. The van der Waals surface area contributed by atoms with E-state index in [1.807, 2.05) is 0 Å². The first-order chi connectivity index (χ1) is 6.61. The van der Waals surface area contributed by atoms with Crippen LogP contribution in [0.25, 0.3) is 0 Å². The maximum absolute atomic E-state index is 12.8. The summed E-state index contributed by atoms with van der Waals surface area (Å²) in [4.78, 5) is 13.5. The largest absolute Gasteiger partial charge is 0.298 e. The van der Waals surface area contributed by atoms with Crippen molar-refractivity contribution in [2.45, 2.75) is 6.43 Å². The second kappa shape index (κ2) is 3.87. The highest BCUT2D eigenvalue weighted by atomic mass is 19.3. The predicted molar refractivity (Wildman–Crippen MR) is 39.3 cm³/mol. The number of hydrogen-bond donors (Lipinski definition) is 0. The maximum atomic E-state index is 12.8. The molecule has 0 aromatic carbocycles. The molecule has 72 valence electrons. The topological polar surface area (TPSA) is 53.8 Å². The van der Waals surface area contributed by atoms with Gasteiger partial charge in [-0.1, -0.05) is 0 Å². The molecule has 6 heteroatoms. The Kier molecular flexibility index (Phi) is 2.82. The van der Waals surface area contributed by atoms with Crippen LogP contribution in [0.1, 0.15) is 28.0 Å². The van der Waals surface area contributed by atoms with E-state index in [9.17, 15) is 18.0 Å². The van der Waals surface area contributed by atoms with Crippen LogP contribution in [-0.2, 0) is 0 Å². The van der Waals surface area contributed by atoms with Gasteiger partial charge in [0, 0.05) is 0 Å². The van der Waals surface area contributed by atoms with E-state index in [1.165, 1.54) is 6.07 Å². The number of halogens is 3. The minimum Gasteiger partial charge on any atom is -0.298 e. The Morgan fingerprint density at radius 3 is 2.64 bits per heavy atom. The number of nitrogens with zero attached hydrogens (tertiary/aromatic N) is 2. The van der Waals surface area contributed by atoms with Crippen LogP contribution in [0.15, 0.2) is 6.20 Å². The second-order valence-electron chi connectivity index (χ2n) is 2.31. The molecule has 0 N–H and O–H groups in total. The van der Waals surface area contributed by atoms with Crippen LogP contribution in [0, 0.1) is 17.1 Å². The molecule has 1 rings (SSSR count). The number of aromatic nitrogens is 1. The summed E-state index contributed by atoms with van der Waals surface area (Å²) in [5.41, 5.74) is -2.41. The van der Waals surface area contributed by atoms with E-state index in [0.29, 0.717) is 6.20 Å². The zero-order valence-corrected chi connectivity index (χ0v) is 6.67. The summed E-state index contributed by atoms with van der Waals surface area (Å²) < 4.78 is 37.4. The number of nitriles is 1. The quantitative estimate of drug-likeness (QED) is 0.684. The maximum Gasteiger partial charge on any atom is 0.267 e. The standard InChI is InChI=1S/C8H3F3N2O/c9-5-2-13-6(1-12)7(8(10)11)4(5)3-14/h2-3,8H. The van der Waals surface area contributed by atoms with Crippen LogP contribution < -0.4 is 0 Å². The van der Waals surface area contributed by atoms with Crippen LogP contribution in [0.3, 0.4) is 0 Å². The van der Waals surface area contributed by atoms with E-state index in [1.54, 1.807) is 0 Å². The first-order valence-corrected chi connectivity index (χ1v) is 3.43. The molecule has 0 atom stereocenters. The summed E-state index contributed by atoms with van der Waals surface area (Å²) in [6, 6.07) is 1.36. The van der Waals surface area contributed by atoms with Gasteiger partial charge >= 0.3 is 0 Å². The molecule has 1 aromatic rings. The third-order valence-corrected chi connectivity index (χ3v) is 1.55. The van der Waals surface area contributed by atoms with Gasteiger partial charge in [0.2, 0.25) is 0 Å². The van der Waals surface area contributed by atoms with Crippen molar-refractivity contribution < 1.29 is 18.0 Å². The molecule has 0 bridgehead atoms. The molecule has 0 aliphatic rings. The van der Waals surface area contributed by atoms with Crippen LogP contribution in [0.2, 0.25) is 0 Å². The normalized spacial score (nSPS) is 9.93. The molecule has 0 unspecified atom stereocenters. The number of carbonyl (C=O) groups excluding carboxylic acids is 1. The zero-order valence-electron chi connectivity index (χ0n) is 6.67. The lowest BCUT2D eigenvalue weighted by molar-refractivity contribution is 0.110. The first kappa shape index (κ1) is 10.2. The van der Waals surface area contributed by atoms with Gasteiger partial charge in [-0.25, -0.2) is 18.2 Å². The molecule has 3 nitrogen and oxygen atoms in total. The summed E-state index contributed by atoms with van der Waals surface area (Å²) in [6.07, 6.45) is -2.60. The summed E-state index contributed by atoms with van der Waals surface area (Å²) in [5.74, 6) is -1.16. The fraction of sp³-hybridized carbons (Fsp3) is 0.125. The van der Waals surface area contributed by atoms with Gasteiger partial charge in [-0.15, -0.1) is 0 Å². The number of pyridine rings is 1. The minimum absolute atomic E-state index is 0.0562.